The summed E-state index contributed by atoms with van der Waals surface area (Å²) in [6, 6.07) is 20.4. The van der Waals surface area contributed by atoms with Crippen LogP contribution in [0.25, 0.3) is 0 Å². The van der Waals surface area contributed by atoms with Crippen molar-refractivity contribution in [2.24, 2.45) is 0 Å². The van der Waals surface area contributed by atoms with Crippen molar-refractivity contribution in [1.82, 2.24) is 10.6 Å². The van der Waals surface area contributed by atoms with Crippen LogP contribution in [0.15, 0.2) is 72.8 Å². The first-order valence-corrected chi connectivity index (χ1v) is 14.4. The van der Waals surface area contributed by atoms with Crippen LogP contribution < -0.4 is 19.7 Å². The highest BCUT2D eigenvalue weighted by Crippen LogP contribution is 2.29. The highest BCUT2D eigenvalue weighted by atomic mass is 32.2. The number of carbonyl (C=O) groups excluding carboxylic acids is 1. The van der Waals surface area contributed by atoms with E-state index < -0.39 is 28.1 Å². The van der Waals surface area contributed by atoms with Gasteiger partial charge in [0.05, 0.1) is 30.7 Å². The molecule has 210 valence electrons. The molecule has 0 aliphatic carbocycles. The van der Waals surface area contributed by atoms with E-state index in [0.29, 0.717) is 29.8 Å². The van der Waals surface area contributed by atoms with Crippen LogP contribution in [0.5, 0.6) is 11.5 Å². The monoisotopic (exact) mass is 555 g/mol. The number of amides is 1. The Labute approximate surface area is 230 Å². The Hall–Kier alpha value is -3.60. The lowest BCUT2D eigenvalue weighted by atomic mass is 10.00. The largest absolute Gasteiger partial charge is 0.504 e. The second-order valence-electron chi connectivity index (χ2n) is 9.27. The van der Waals surface area contributed by atoms with Gasteiger partial charge in [-0.25, -0.2) is 8.42 Å². The summed E-state index contributed by atoms with van der Waals surface area (Å²) in [4.78, 5) is 13.3. The van der Waals surface area contributed by atoms with E-state index in [9.17, 15) is 23.4 Å². The standard InChI is InChI=1S/C29H37N3O6S/c1-4-16-39(36,37)32(2)24-14-8-12-22(18-24)29(35)31-25(17-21-10-6-5-7-11-21)26(33)20-30-19-23-13-9-15-27(38-3)28(23)34/h5-15,18,25-26,30,33-34H,4,16-17,19-20H2,1-3H3,(H,31,35)/t25-,26+/m0/s1. The molecule has 0 aliphatic heterocycles. The smallest absolute Gasteiger partial charge is 0.251 e. The fourth-order valence-corrected chi connectivity index (χ4v) is 5.40. The minimum Gasteiger partial charge on any atom is -0.504 e. The number of hydrogen-bond donors (Lipinski definition) is 4. The first kappa shape index (κ1) is 29.9. The number of aliphatic hydroxyl groups excluding tert-OH is 1. The van der Waals surface area contributed by atoms with E-state index in [0.717, 1.165) is 5.56 Å². The van der Waals surface area contributed by atoms with Gasteiger partial charge in [-0.1, -0.05) is 55.5 Å². The third-order valence-electron chi connectivity index (χ3n) is 6.40. The Morgan fingerprint density at radius 2 is 1.77 bits per heavy atom. The number of nitrogens with zero attached hydrogens (tertiary/aromatic N) is 1. The maximum Gasteiger partial charge on any atom is 0.251 e. The number of phenolic OH excluding ortho intramolecular Hbond substituents is 1. The number of rotatable bonds is 14. The van der Waals surface area contributed by atoms with Gasteiger partial charge in [0.2, 0.25) is 10.0 Å². The van der Waals surface area contributed by atoms with E-state index in [1.165, 1.54) is 24.5 Å². The summed E-state index contributed by atoms with van der Waals surface area (Å²) in [7, 11) is -0.551. The third kappa shape index (κ3) is 8.19. The van der Waals surface area contributed by atoms with E-state index in [1.807, 2.05) is 30.3 Å². The fourth-order valence-electron chi connectivity index (χ4n) is 4.17. The Morgan fingerprint density at radius 3 is 2.46 bits per heavy atom. The number of ether oxygens (including phenoxy) is 1. The number of phenols is 1. The highest BCUT2D eigenvalue weighted by Gasteiger charge is 2.24. The van der Waals surface area contributed by atoms with Gasteiger partial charge in [-0.3, -0.25) is 9.10 Å². The normalized spacial score (nSPS) is 12.9. The van der Waals surface area contributed by atoms with Gasteiger partial charge >= 0.3 is 0 Å². The molecular formula is C29H37N3O6S. The molecule has 2 atom stereocenters. The zero-order chi connectivity index (χ0) is 28.4. The van der Waals surface area contributed by atoms with Gasteiger partial charge < -0.3 is 25.6 Å². The molecule has 4 N–H and O–H groups in total. The second kappa shape index (κ2) is 14.0. The first-order chi connectivity index (χ1) is 18.7. The van der Waals surface area contributed by atoms with E-state index in [-0.39, 0.29) is 30.2 Å². The lowest BCUT2D eigenvalue weighted by Crippen LogP contribution is -2.48. The molecule has 0 aromatic heterocycles. The van der Waals surface area contributed by atoms with Gasteiger partial charge in [0.1, 0.15) is 0 Å². The number of hydrogen-bond acceptors (Lipinski definition) is 7. The molecule has 0 fully saturated rings. The van der Waals surface area contributed by atoms with Crippen LogP contribution in [0, 0.1) is 0 Å². The third-order valence-corrected chi connectivity index (χ3v) is 8.37. The van der Waals surface area contributed by atoms with E-state index in [2.05, 4.69) is 10.6 Å². The van der Waals surface area contributed by atoms with Gasteiger partial charge in [-0.05, 0) is 42.7 Å². The van der Waals surface area contributed by atoms with Crippen LogP contribution >= 0.6 is 0 Å². The minimum absolute atomic E-state index is 0.00576. The summed E-state index contributed by atoms with van der Waals surface area (Å²) in [6.07, 6.45) is -0.0977. The number of aliphatic hydroxyl groups is 1. The molecule has 0 aliphatic rings. The van der Waals surface area contributed by atoms with Crippen molar-refractivity contribution in [3.63, 3.8) is 0 Å². The van der Waals surface area contributed by atoms with Crippen LogP contribution in [0.1, 0.15) is 34.8 Å². The van der Waals surface area contributed by atoms with Crippen LogP contribution in [-0.2, 0) is 23.0 Å². The summed E-state index contributed by atoms with van der Waals surface area (Å²) in [6.45, 7) is 2.22. The zero-order valence-corrected chi connectivity index (χ0v) is 23.3. The Bertz CT molecular complexity index is 1330. The van der Waals surface area contributed by atoms with Crippen molar-refractivity contribution >= 4 is 21.6 Å². The molecule has 0 unspecified atom stereocenters. The molecular weight excluding hydrogens is 518 g/mol. The van der Waals surface area contributed by atoms with E-state index in [1.54, 1.807) is 43.3 Å². The number of carbonyl (C=O) groups is 1. The second-order valence-corrected chi connectivity index (χ2v) is 11.4. The zero-order valence-electron chi connectivity index (χ0n) is 22.5. The van der Waals surface area contributed by atoms with Crippen LogP contribution in [-0.4, -0.2) is 63.1 Å². The van der Waals surface area contributed by atoms with Gasteiger partial charge in [0, 0.05) is 31.3 Å². The molecule has 0 saturated carbocycles. The summed E-state index contributed by atoms with van der Waals surface area (Å²) >= 11 is 0. The van der Waals surface area contributed by atoms with E-state index in [4.69, 9.17) is 4.74 Å². The van der Waals surface area contributed by atoms with Crippen molar-refractivity contribution in [1.29, 1.82) is 0 Å². The van der Waals surface area contributed by atoms with Crippen molar-refractivity contribution in [3.05, 3.63) is 89.5 Å². The number of aromatic hydroxyl groups is 1. The molecule has 9 nitrogen and oxygen atoms in total. The maximum atomic E-state index is 13.3. The molecule has 3 aromatic rings. The average Bonchev–Trinajstić information content (AvgIpc) is 2.93. The minimum atomic E-state index is -3.50. The van der Waals surface area contributed by atoms with Gasteiger partial charge in [0.15, 0.2) is 11.5 Å². The number of para-hydroxylation sites is 1. The summed E-state index contributed by atoms with van der Waals surface area (Å²) in [5, 5.41) is 27.4. The number of benzene rings is 3. The lowest BCUT2D eigenvalue weighted by Gasteiger charge is -2.25. The van der Waals surface area contributed by atoms with Gasteiger partial charge in [0.25, 0.3) is 5.91 Å². The number of nitrogens with one attached hydrogen (secondary N) is 2. The van der Waals surface area contributed by atoms with Crippen LogP contribution in [0.4, 0.5) is 5.69 Å². The van der Waals surface area contributed by atoms with Crippen molar-refractivity contribution < 1.29 is 28.2 Å². The average molecular weight is 556 g/mol. The van der Waals surface area contributed by atoms with Crippen LogP contribution in [0.3, 0.4) is 0 Å². The molecule has 0 spiro atoms. The predicted molar refractivity (Wildman–Crippen MR) is 153 cm³/mol. The summed E-state index contributed by atoms with van der Waals surface area (Å²) < 4.78 is 31.3. The van der Waals surface area contributed by atoms with Crippen LogP contribution in [0.2, 0.25) is 0 Å². The molecule has 10 heteroatoms. The first-order valence-electron chi connectivity index (χ1n) is 12.8. The number of methoxy groups -OCH3 is 1. The Kier molecular flexibility index (Phi) is 10.7. The van der Waals surface area contributed by atoms with Crippen molar-refractivity contribution in [2.45, 2.75) is 38.5 Å². The Morgan fingerprint density at radius 1 is 1.05 bits per heavy atom. The molecule has 1 amide bonds. The molecule has 0 heterocycles. The highest BCUT2D eigenvalue weighted by molar-refractivity contribution is 7.92. The molecule has 0 bridgehead atoms. The SMILES string of the molecule is CCCS(=O)(=O)N(C)c1cccc(C(=O)N[C@@H](Cc2ccccc2)[C@H](O)CNCc2cccc(OC)c2O)c1. The van der Waals surface area contributed by atoms with Gasteiger partial charge in [-0.15, -0.1) is 0 Å². The van der Waals surface area contributed by atoms with E-state index >= 15 is 0 Å². The lowest BCUT2D eigenvalue weighted by molar-refractivity contribution is 0.0830. The molecule has 3 aromatic carbocycles. The summed E-state index contributed by atoms with van der Waals surface area (Å²) in [5.41, 5.74) is 2.22. The van der Waals surface area contributed by atoms with Gasteiger partial charge in [-0.2, -0.15) is 0 Å². The quantitative estimate of drug-likeness (QED) is 0.241. The fraction of sp³-hybridized carbons (Fsp3) is 0.345. The van der Waals surface area contributed by atoms with Crippen molar-refractivity contribution in [2.75, 3.05) is 30.8 Å². The Balaban J connectivity index is 1.74. The van der Waals surface area contributed by atoms with Crippen molar-refractivity contribution in [3.8, 4) is 11.5 Å². The predicted octanol–water partition coefficient (Wildman–Crippen LogP) is 3.07. The number of sulfonamides is 1. The molecule has 3 rings (SSSR count). The number of anilines is 1. The maximum absolute atomic E-state index is 13.3. The molecule has 0 saturated heterocycles. The molecule has 39 heavy (non-hydrogen) atoms. The topological polar surface area (TPSA) is 128 Å². The molecule has 0 radical (unpaired) electrons. The summed E-state index contributed by atoms with van der Waals surface area (Å²) in [5.74, 6) is -0.0313.